The Balaban J connectivity index is 2.60. The number of ether oxygens (including phenoxy) is 1. The number of hydrogen-bond acceptors (Lipinski definition) is 3. The molecule has 0 radical (unpaired) electrons. The van der Waals surface area contributed by atoms with Crippen LogP contribution in [0.1, 0.15) is 10.5 Å². The Kier molecular flexibility index (Phi) is 4.09. The van der Waals surface area contributed by atoms with Gasteiger partial charge in [-0.25, -0.2) is 0 Å². The Bertz CT molecular complexity index is 305. The molecule has 0 aliphatic heterocycles. The minimum Gasteiger partial charge on any atom is -0.383 e. The number of carbonyl (C=O) groups is 1. The fourth-order valence-electron chi connectivity index (χ4n) is 1.02. The molecule has 0 unspecified atom stereocenters. The van der Waals surface area contributed by atoms with E-state index in [1.165, 1.54) is 4.68 Å². The molecule has 0 aliphatic carbocycles. The summed E-state index contributed by atoms with van der Waals surface area (Å²) in [5.74, 6) is -0.158. The molecular weight excluding hydrogens is 250 g/mol. The lowest BCUT2D eigenvalue weighted by Crippen LogP contribution is -2.28. The molecule has 1 aromatic heterocycles. The zero-order valence-corrected chi connectivity index (χ0v) is 9.67. The first-order valence-electron chi connectivity index (χ1n) is 4.11. The second kappa shape index (κ2) is 5.11. The number of rotatable bonds is 4. The Morgan fingerprint density at radius 3 is 3.00 bits per heavy atom. The molecule has 78 valence electrons. The summed E-state index contributed by atoms with van der Waals surface area (Å²) in [6.07, 6.45) is 1.59. The Morgan fingerprint density at radius 2 is 2.50 bits per heavy atom. The molecule has 1 heterocycles. The summed E-state index contributed by atoms with van der Waals surface area (Å²) in [5, 5.41) is 6.66. The average Bonchev–Trinajstić information content (AvgIpc) is 2.46. The summed E-state index contributed by atoms with van der Waals surface area (Å²) < 4.78 is 7.03. The molecular formula is C8H12BrN3O2. The molecule has 0 atom stereocenters. The van der Waals surface area contributed by atoms with Gasteiger partial charge in [0.25, 0.3) is 5.91 Å². The fourth-order valence-corrected chi connectivity index (χ4v) is 1.54. The minimum absolute atomic E-state index is 0.158. The molecule has 0 bridgehead atoms. The summed E-state index contributed by atoms with van der Waals surface area (Å²) in [5.41, 5.74) is 0.515. The molecule has 1 amide bonds. The Morgan fingerprint density at radius 1 is 1.79 bits per heavy atom. The van der Waals surface area contributed by atoms with Crippen molar-refractivity contribution in [3.8, 4) is 0 Å². The minimum atomic E-state index is -0.158. The smallest absolute Gasteiger partial charge is 0.270 e. The lowest BCUT2D eigenvalue weighted by atomic mass is 10.4. The maximum absolute atomic E-state index is 11.6. The van der Waals surface area contributed by atoms with Crippen LogP contribution in [0.2, 0.25) is 0 Å². The van der Waals surface area contributed by atoms with Gasteiger partial charge in [0.1, 0.15) is 5.69 Å². The molecule has 5 nitrogen and oxygen atoms in total. The SMILES string of the molecule is COCCNC(=O)c1c(Br)cnn1C. The summed E-state index contributed by atoms with van der Waals surface area (Å²) in [4.78, 5) is 11.6. The fraction of sp³-hybridized carbons (Fsp3) is 0.500. The monoisotopic (exact) mass is 261 g/mol. The number of nitrogens with one attached hydrogen (secondary N) is 1. The highest BCUT2D eigenvalue weighted by Crippen LogP contribution is 2.14. The number of hydrogen-bond donors (Lipinski definition) is 1. The van der Waals surface area contributed by atoms with Gasteiger partial charge in [0.2, 0.25) is 0 Å². The van der Waals surface area contributed by atoms with Crippen molar-refractivity contribution in [2.24, 2.45) is 7.05 Å². The van der Waals surface area contributed by atoms with Crippen molar-refractivity contribution in [3.05, 3.63) is 16.4 Å². The number of aromatic nitrogens is 2. The maximum Gasteiger partial charge on any atom is 0.270 e. The van der Waals surface area contributed by atoms with Gasteiger partial charge in [0, 0.05) is 20.7 Å². The quantitative estimate of drug-likeness (QED) is 0.806. The first kappa shape index (κ1) is 11.2. The third kappa shape index (κ3) is 2.55. The van der Waals surface area contributed by atoms with Crippen LogP contribution in [0.4, 0.5) is 0 Å². The topological polar surface area (TPSA) is 56.1 Å². The van der Waals surface area contributed by atoms with Crippen LogP contribution >= 0.6 is 15.9 Å². The molecule has 1 N–H and O–H groups in total. The molecule has 1 aromatic rings. The molecule has 0 fully saturated rings. The van der Waals surface area contributed by atoms with E-state index < -0.39 is 0 Å². The van der Waals surface area contributed by atoms with Gasteiger partial charge >= 0.3 is 0 Å². The Labute approximate surface area is 90.6 Å². The van der Waals surface area contributed by atoms with E-state index in [1.807, 2.05) is 0 Å². The van der Waals surface area contributed by atoms with Crippen molar-refractivity contribution in [1.29, 1.82) is 0 Å². The van der Waals surface area contributed by atoms with Crippen LogP contribution in [0.5, 0.6) is 0 Å². The second-order valence-electron chi connectivity index (χ2n) is 2.71. The van der Waals surface area contributed by atoms with E-state index in [-0.39, 0.29) is 5.91 Å². The summed E-state index contributed by atoms with van der Waals surface area (Å²) in [6.45, 7) is 0.994. The van der Waals surface area contributed by atoms with Gasteiger partial charge in [-0.3, -0.25) is 9.48 Å². The number of carbonyl (C=O) groups excluding carboxylic acids is 1. The van der Waals surface area contributed by atoms with Crippen molar-refractivity contribution in [3.63, 3.8) is 0 Å². The molecule has 1 rings (SSSR count). The van der Waals surface area contributed by atoms with Crippen LogP contribution < -0.4 is 5.32 Å². The lowest BCUT2D eigenvalue weighted by Gasteiger charge is -2.04. The third-order valence-electron chi connectivity index (χ3n) is 1.70. The summed E-state index contributed by atoms with van der Waals surface area (Å²) in [6, 6.07) is 0. The summed E-state index contributed by atoms with van der Waals surface area (Å²) >= 11 is 3.25. The van der Waals surface area contributed by atoms with Gasteiger partial charge < -0.3 is 10.1 Å². The van der Waals surface area contributed by atoms with Crippen molar-refractivity contribution in [1.82, 2.24) is 15.1 Å². The molecule has 0 saturated heterocycles. The number of halogens is 1. The first-order valence-corrected chi connectivity index (χ1v) is 4.90. The van der Waals surface area contributed by atoms with Crippen LogP contribution in [0.3, 0.4) is 0 Å². The highest BCUT2D eigenvalue weighted by Gasteiger charge is 2.13. The van der Waals surface area contributed by atoms with E-state index in [1.54, 1.807) is 20.4 Å². The highest BCUT2D eigenvalue weighted by atomic mass is 79.9. The van der Waals surface area contributed by atoms with Crippen LogP contribution in [0.15, 0.2) is 10.7 Å². The van der Waals surface area contributed by atoms with Gasteiger partial charge in [0.05, 0.1) is 17.3 Å². The predicted molar refractivity (Wildman–Crippen MR) is 55.1 cm³/mol. The number of amides is 1. The van der Waals surface area contributed by atoms with Crippen LogP contribution in [-0.2, 0) is 11.8 Å². The van der Waals surface area contributed by atoms with Crippen molar-refractivity contribution < 1.29 is 9.53 Å². The van der Waals surface area contributed by atoms with Crippen molar-refractivity contribution >= 4 is 21.8 Å². The van der Waals surface area contributed by atoms with E-state index >= 15 is 0 Å². The van der Waals surface area contributed by atoms with E-state index in [0.29, 0.717) is 23.3 Å². The van der Waals surface area contributed by atoms with Gasteiger partial charge in [-0.05, 0) is 15.9 Å². The number of nitrogens with zero attached hydrogens (tertiary/aromatic N) is 2. The lowest BCUT2D eigenvalue weighted by molar-refractivity contribution is 0.0927. The van der Waals surface area contributed by atoms with Gasteiger partial charge in [-0.1, -0.05) is 0 Å². The predicted octanol–water partition coefficient (Wildman–Crippen LogP) is 0.559. The largest absolute Gasteiger partial charge is 0.383 e. The third-order valence-corrected chi connectivity index (χ3v) is 2.28. The summed E-state index contributed by atoms with van der Waals surface area (Å²) in [7, 11) is 3.31. The van der Waals surface area contributed by atoms with E-state index in [2.05, 4.69) is 26.3 Å². The van der Waals surface area contributed by atoms with E-state index in [4.69, 9.17) is 4.74 Å². The van der Waals surface area contributed by atoms with Gasteiger partial charge in [-0.2, -0.15) is 5.10 Å². The van der Waals surface area contributed by atoms with Crippen LogP contribution in [0.25, 0.3) is 0 Å². The van der Waals surface area contributed by atoms with Crippen LogP contribution in [-0.4, -0.2) is 35.9 Å². The van der Waals surface area contributed by atoms with Gasteiger partial charge in [0.15, 0.2) is 0 Å². The first-order chi connectivity index (χ1) is 6.66. The zero-order chi connectivity index (χ0) is 10.6. The average molecular weight is 262 g/mol. The zero-order valence-electron chi connectivity index (χ0n) is 8.08. The van der Waals surface area contributed by atoms with Crippen molar-refractivity contribution in [2.45, 2.75) is 0 Å². The van der Waals surface area contributed by atoms with Crippen LogP contribution in [0, 0.1) is 0 Å². The molecule has 0 spiro atoms. The standard InChI is InChI=1S/C8H12BrN3O2/c1-12-7(6(9)5-11-12)8(13)10-3-4-14-2/h5H,3-4H2,1-2H3,(H,10,13). The highest BCUT2D eigenvalue weighted by molar-refractivity contribution is 9.10. The number of aryl methyl sites for hydroxylation is 1. The number of methoxy groups -OCH3 is 1. The van der Waals surface area contributed by atoms with E-state index in [9.17, 15) is 4.79 Å². The van der Waals surface area contributed by atoms with Gasteiger partial charge in [-0.15, -0.1) is 0 Å². The second-order valence-corrected chi connectivity index (χ2v) is 3.57. The molecule has 0 aromatic carbocycles. The molecule has 0 aliphatic rings. The molecule has 6 heteroatoms. The maximum atomic E-state index is 11.6. The molecule has 0 saturated carbocycles. The Hall–Kier alpha value is -0.880. The normalized spacial score (nSPS) is 10.2. The molecule has 14 heavy (non-hydrogen) atoms. The van der Waals surface area contributed by atoms with E-state index in [0.717, 1.165) is 0 Å². The van der Waals surface area contributed by atoms with Crippen molar-refractivity contribution in [2.75, 3.05) is 20.3 Å².